The van der Waals surface area contributed by atoms with Gasteiger partial charge in [0.1, 0.15) is 0 Å². The molecule has 0 bridgehead atoms. The molecule has 1 aliphatic rings. The van der Waals surface area contributed by atoms with Gasteiger partial charge < -0.3 is 10.6 Å². The molecule has 0 atom stereocenters. The highest BCUT2D eigenvalue weighted by atomic mass is 35.5. The second-order valence-electron chi connectivity index (χ2n) is 7.27. The fraction of sp³-hybridized carbons (Fsp3) is 0.364. The van der Waals surface area contributed by atoms with Crippen LogP contribution in [-0.4, -0.2) is 24.9 Å². The van der Waals surface area contributed by atoms with Gasteiger partial charge in [-0.3, -0.25) is 9.59 Å². The first-order chi connectivity index (χ1) is 13.5. The number of hydrogen-bond acceptors (Lipinski definition) is 2. The zero-order valence-corrected chi connectivity index (χ0v) is 17.1. The van der Waals surface area contributed by atoms with E-state index in [1.54, 1.807) is 24.3 Å². The lowest BCUT2D eigenvalue weighted by Gasteiger charge is -2.28. The molecule has 1 aliphatic carbocycles. The molecule has 28 heavy (non-hydrogen) atoms. The maximum Gasteiger partial charge on any atom is 0.252 e. The molecule has 4 nitrogen and oxygen atoms in total. The monoisotopic (exact) mass is 418 g/mol. The summed E-state index contributed by atoms with van der Waals surface area (Å²) in [5, 5.41) is 6.93. The predicted octanol–water partition coefficient (Wildman–Crippen LogP) is 4.96. The fourth-order valence-electron chi connectivity index (χ4n) is 3.59. The number of benzene rings is 2. The van der Waals surface area contributed by atoms with E-state index in [0.717, 1.165) is 25.7 Å². The number of nitrogens with one attached hydrogen (secondary N) is 2. The molecule has 0 saturated heterocycles. The van der Waals surface area contributed by atoms with E-state index in [9.17, 15) is 9.59 Å². The van der Waals surface area contributed by atoms with E-state index in [4.69, 9.17) is 23.2 Å². The van der Waals surface area contributed by atoms with E-state index in [0.29, 0.717) is 46.1 Å². The van der Waals surface area contributed by atoms with Crippen molar-refractivity contribution in [1.82, 2.24) is 10.6 Å². The van der Waals surface area contributed by atoms with E-state index in [-0.39, 0.29) is 11.8 Å². The molecule has 0 aromatic heterocycles. The normalized spacial score (nSPS) is 19.1. The van der Waals surface area contributed by atoms with Crippen LogP contribution in [0.5, 0.6) is 0 Å². The number of rotatable bonds is 6. The van der Waals surface area contributed by atoms with Gasteiger partial charge in [0.05, 0.1) is 21.2 Å². The van der Waals surface area contributed by atoms with Crippen LogP contribution in [-0.2, 0) is 0 Å². The number of hydrogen-bond donors (Lipinski definition) is 2. The smallest absolute Gasteiger partial charge is 0.252 e. The first kappa shape index (κ1) is 20.7. The Morgan fingerprint density at radius 3 is 1.43 bits per heavy atom. The first-order valence-electron chi connectivity index (χ1n) is 9.60. The van der Waals surface area contributed by atoms with Crippen LogP contribution in [0.25, 0.3) is 0 Å². The van der Waals surface area contributed by atoms with E-state index in [2.05, 4.69) is 10.6 Å². The van der Waals surface area contributed by atoms with E-state index in [1.807, 2.05) is 24.3 Å². The van der Waals surface area contributed by atoms with Gasteiger partial charge in [-0.15, -0.1) is 0 Å². The van der Waals surface area contributed by atoms with Gasteiger partial charge in [-0.1, -0.05) is 47.5 Å². The lowest BCUT2D eigenvalue weighted by molar-refractivity contribution is 0.0923. The van der Waals surface area contributed by atoms with Crippen LogP contribution < -0.4 is 10.6 Å². The van der Waals surface area contributed by atoms with Gasteiger partial charge in [0.25, 0.3) is 11.8 Å². The molecule has 2 aromatic rings. The summed E-state index contributed by atoms with van der Waals surface area (Å²) in [6, 6.07) is 14.1. The highest BCUT2D eigenvalue weighted by molar-refractivity contribution is 6.34. The van der Waals surface area contributed by atoms with Crippen molar-refractivity contribution < 1.29 is 9.59 Å². The Hall–Kier alpha value is -2.04. The molecule has 2 N–H and O–H groups in total. The SMILES string of the molecule is O=C(NCC1CCC(CNC(=O)c2ccccc2Cl)CC1)c1ccccc1Cl. The summed E-state index contributed by atoms with van der Waals surface area (Å²) in [6.07, 6.45) is 4.15. The molecule has 0 aliphatic heterocycles. The lowest BCUT2D eigenvalue weighted by atomic mass is 9.82. The summed E-state index contributed by atoms with van der Waals surface area (Å²) in [5.74, 6) is 0.670. The summed E-state index contributed by atoms with van der Waals surface area (Å²) >= 11 is 12.1. The number of carbonyl (C=O) groups is 2. The van der Waals surface area contributed by atoms with Gasteiger partial charge in [0, 0.05) is 13.1 Å². The Labute approximate surface area is 175 Å². The Kier molecular flexibility index (Phi) is 7.35. The van der Waals surface area contributed by atoms with E-state index < -0.39 is 0 Å². The summed E-state index contributed by atoms with van der Waals surface area (Å²) in [6.45, 7) is 1.31. The van der Waals surface area contributed by atoms with Crippen molar-refractivity contribution in [2.45, 2.75) is 25.7 Å². The molecule has 0 spiro atoms. The second kappa shape index (κ2) is 9.94. The van der Waals surface area contributed by atoms with Crippen LogP contribution in [0.3, 0.4) is 0 Å². The van der Waals surface area contributed by atoms with Gasteiger partial charge in [0.2, 0.25) is 0 Å². The Balaban J connectivity index is 1.39. The van der Waals surface area contributed by atoms with Crippen molar-refractivity contribution in [3.05, 3.63) is 69.7 Å². The molecular weight excluding hydrogens is 395 g/mol. The lowest BCUT2D eigenvalue weighted by Crippen LogP contribution is -2.34. The van der Waals surface area contributed by atoms with Crippen LogP contribution in [0.1, 0.15) is 46.4 Å². The maximum absolute atomic E-state index is 12.3. The zero-order chi connectivity index (χ0) is 19.9. The van der Waals surface area contributed by atoms with E-state index in [1.165, 1.54) is 0 Å². The van der Waals surface area contributed by atoms with Crippen molar-refractivity contribution in [2.75, 3.05) is 13.1 Å². The molecule has 148 valence electrons. The summed E-state index contributed by atoms with van der Waals surface area (Å²) in [5.41, 5.74) is 1.03. The molecule has 6 heteroatoms. The van der Waals surface area contributed by atoms with Gasteiger partial charge in [-0.05, 0) is 61.8 Å². The molecule has 0 unspecified atom stereocenters. The van der Waals surface area contributed by atoms with Crippen LogP contribution in [0.4, 0.5) is 0 Å². The molecular formula is C22H24Cl2N2O2. The quantitative estimate of drug-likeness (QED) is 0.696. The van der Waals surface area contributed by atoms with Gasteiger partial charge in [-0.25, -0.2) is 0 Å². The van der Waals surface area contributed by atoms with Crippen molar-refractivity contribution in [3.8, 4) is 0 Å². The molecule has 1 saturated carbocycles. The number of amides is 2. The summed E-state index contributed by atoms with van der Waals surface area (Å²) < 4.78 is 0. The van der Waals surface area contributed by atoms with Crippen molar-refractivity contribution in [1.29, 1.82) is 0 Å². The highest BCUT2D eigenvalue weighted by Crippen LogP contribution is 2.28. The summed E-state index contributed by atoms with van der Waals surface area (Å²) in [4.78, 5) is 24.5. The average Bonchev–Trinajstić information content (AvgIpc) is 2.71. The molecule has 1 fully saturated rings. The van der Waals surface area contributed by atoms with Crippen LogP contribution in [0.2, 0.25) is 10.0 Å². The molecule has 0 heterocycles. The second-order valence-corrected chi connectivity index (χ2v) is 8.08. The van der Waals surface area contributed by atoms with Crippen molar-refractivity contribution in [3.63, 3.8) is 0 Å². The standard InChI is InChI=1S/C22H24Cl2N2O2/c23-19-7-3-1-5-17(19)21(27)25-13-15-9-11-16(12-10-15)14-26-22(28)18-6-2-4-8-20(18)24/h1-8,15-16H,9-14H2,(H,25,27)(H,26,28). The maximum atomic E-state index is 12.3. The van der Waals surface area contributed by atoms with E-state index >= 15 is 0 Å². The predicted molar refractivity (Wildman–Crippen MR) is 113 cm³/mol. The first-order valence-corrected chi connectivity index (χ1v) is 10.4. The van der Waals surface area contributed by atoms with Gasteiger partial charge in [0.15, 0.2) is 0 Å². The minimum absolute atomic E-state index is 0.125. The number of carbonyl (C=O) groups excluding carboxylic acids is 2. The Morgan fingerprint density at radius 1 is 0.714 bits per heavy atom. The Morgan fingerprint density at radius 2 is 1.07 bits per heavy atom. The molecule has 2 amide bonds. The molecule has 0 radical (unpaired) electrons. The van der Waals surface area contributed by atoms with Crippen LogP contribution in [0, 0.1) is 11.8 Å². The van der Waals surface area contributed by atoms with Crippen LogP contribution >= 0.6 is 23.2 Å². The largest absolute Gasteiger partial charge is 0.352 e. The van der Waals surface area contributed by atoms with Crippen LogP contribution in [0.15, 0.2) is 48.5 Å². The van der Waals surface area contributed by atoms with Crippen molar-refractivity contribution >= 4 is 35.0 Å². The third kappa shape index (κ3) is 5.49. The zero-order valence-electron chi connectivity index (χ0n) is 15.6. The van der Waals surface area contributed by atoms with Gasteiger partial charge >= 0.3 is 0 Å². The van der Waals surface area contributed by atoms with Gasteiger partial charge in [-0.2, -0.15) is 0 Å². The fourth-order valence-corrected chi connectivity index (χ4v) is 4.04. The molecule has 2 aromatic carbocycles. The Bertz CT molecular complexity index is 763. The molecule has 3 rings (SSSR count). The minimum atomic E-state index is -0.125. The third-order valence-corrected chi connectivity index (χ3v) is 5.97. The minimum Gasteiger partial charge on any atom is -0.352 e. The van der Waals surface area contributed by atoms with Crippen molar-refractivity contribution in [2.24, 2.45) is 11.8 Å². The third-order valence-electron chi connectivity index (χ3n) is 5.31. The highest BCUT2D eigenvalue weighted by Gasteiger charge is 2.23. The summed E-state index contributed by atoms with van der Waals surface area (Å²) in [7, 11) is 0. The number of halogens is 2. The topological polar surface area (TPSA) is 58.2 Å². The average molecular weight is 419 g/mol.